The first-order chi connectivity index (χ1) is 11.5. The quantitative estimate of drug-likeness (QED) is 0.812. The molecule has 0 aliphatic carbocycles. The van der Waals surface area contributed by atoms with E-state index in [1.54, 1.807) is 23.3 Å². The largest absolute Gasteiger partial charge is 0.335 e. The van der Waals surface area contributed by atoms with Crippen molar-refractivity contribution in [3.05, 3.63) is 48.0 Å². The Morgan fingerprint density at radius 1 is 1.38 bits per heavy atom. The van der Waals surface area contributed by atoms with Crippen LogP contribution in [0, 0.1) is 5.92 Å². The molecule has 0 aromatic carbocycles. The zero-order chi connectivity index (χ0) is 17.1. The van der Waals surface area contributed by atoms with Gasteiger partial charge in [0, 0.05) is 57.9 Å². The summed E-state index contributed by atoms with van der Waals surface area (Å²) in [6.07, 6.45) is 7.13. The second kappa shape index (κ2) is 7.13. The number of nitrogens with zero attached hydrogens (tertiary/aromatic N) is 5. The average Bonchev–Trinajstić information content (AvgIpc) is 2.92. The molecule has 1 fully saturated rings. The van der Waals surface area contributed by atoms with E-state index in [1.807, 2.05) is 24.2 Å². The Morgan fingerprint density at radius 3 is 2.75 bits per heavy atom. The second-order valence-electron chi connectivity index (χ2n) is 6.95. The van der Waals surface area contributed by atoms with Gasteiger partial charge in [-0.1, -0.05) is 19.9 Å². The molecule has 0 spiro atoms. The summed E-state index contributed by atoms with van der Waals surface area (Å²) in [5, 5.41) is 4.08. The molecule has 0 saturated carbocycles. The fraction of sp³-hybridized carbons (Fsp3) is 0.500. The first-order valence-electron chi connectivity index (χ1n) is 8.44. The summed E-state index contributed by atoms with van der Waals surface area (Å²) < 4.78 is 1.66. The van der Waals surface area contributed by atoms with Crippen molar-refractivity contribution in [1.82, 2.24) is 24.6 Å². The fourth-order valence-corrected chi connectivity index (χ4v) is 3.10. The van der Waals surface area contributed by atoms with Crippen LogP contribution < -0.4 is 0 Å². The third-order valence-electron chi connectivity index (χ3n) is 4.33. The molecule has 0 unspecified atom stereocenters. The maximum atomic E-state index is 12.4. The monoisotopic (exact) mass is 327 g/mol. The van der Waals surface area contributed by atoms with Crippen molar-refractivity contribution in [2.45, 2.75) is 26.4 Å². The van der Waals surface area contributed by atoms with Crippen LogP contribution in [0.4, 0.5) is 0 Å². The number of hydrogen-bond donors (Lipinski definition) is 0. The molecule has 0 atom stereocenters. The number of aryl methyl sites for hydroxylation is 1. The van der Waals surface area contributed by atoms with Crippen molar-refractivity contribution >= 4 is 5.91 Å². The number of rotatable bonds is 6. The van der Waals surface area contributed by atoms with Crippen LogP contribution in [0.1, 0.15) is 29.8 Å². The van der Waals surface area contributed by atoms with Gasteiger partial charge < -0.3 is 4.90 Å². The van der Waals surface area contributed by atoms with E-state index in [0.29, 0.717) is 17.5 Å². The van der Waals surface area contributed by atoms with Crippen LogP contribution in [-0.4, -0.2) is 56.1 Å². The molecule has 3 rings (SSSR count). The zero-order valence-corrected chi connectivity index (χ0v) is 14.6. The molecule has 1 aliphatic heterocycles. The van der Waals surface area contributed by atoms with Crippen molar-refractivity contribution in [3.63, 3.8) is 0 Å². The third kappa shape index (κ3) is 3.82. The molecule has 0 radical (unpaired) electrons. The highest BCUT2D eigenvalue weighted by molar-refractivity contribution is 5.94. The minimum absolute atomic E-state index is 0.0743. The van der Waals surface area contributed by atoms with Crippen molar-refractivity contribution < 1.29 is 4.79 Å². The fourth-order valence-electron chi connectivity index (χ4n) is 3.10. The molecule has 1 aliphatic rings. The molecule has 2 aromatic rings. The first-order valence-corrected chi connectivity index (χ1v) is 8.44. The average molecular weight is 327 g/mol. The number of hydrogen-bond acceptors (Lipinski definition) is 4. The number of amides is 1. The minimum Gasteiger partial charge on any atom is -0.335 e. The standard InChI is InChI=1S/C18H25N5O/c1-14(2)9-22(10-15-5-4-6-19-7-15)17-12-23(13-17)18(24)16-8-20-21(3)11-16/h4-8,11,14,17H,9-10,12-13H2,1-3H3. The first kappa shape index (κ1) is 16.6. The van der Waals surface area contributed by atoms with Crippen LogP contribution >= 0.6 is 0 Å². The molecule has 24 heavy (non-hydrogen) atoms. The highest BCUT2D eigenvalue weighted by atomic mass is 16.2. The number of carbonyl (C=O) groups is 1. The van der Waals surface area contributed by atoms with E-state index < -0.39 is 0 Å². The number of aromatic nitrogens is 3. The summed E-state index contributed by atoms with van der Waals surface area (Å²) in [5.74, 6) is 0.662. The van der Waals surface area contributed by atoms with Crippen molar-refractivity contribution in [1.29, 1.82) is 0 Å². The summed E-state index contributed by atoms with van der Waals surface area (Å²) >= 11 is 0. The lowest BCUT2D eigenvalue weighted by Gasteiger charge is -2.46. The van der Waals surface area contributed by atoms with Crippen LogP contribution in [-0.2, 0) is 13.6 Å². The van der Waals surface area contributed by atoms with E-state index in [-0.39, 0.29) is 5.91 Å². The lowest BCUT2D eigenvalue weighted by molar-refractivity contribution is 0.0197. The van der Waals surface area contributed by atoms with Gasteiger partial charge in [0.05, 0.1) is 11.8 Å². The molecule has 128 valence electrons. The van der Waals surface area contributed by atoms with E-state index in [9.17, 15) is 4.79 Å². The molecule has 3 heterocycles. The van der Waals surface area contributed by atoms with Crippen LogP contribution in [0.5, 0.6) is 0 Å². The lowest BCUT2D eigenvalue weighted by atomic mass is 10.0. The maximum absolute atomic E-state index is 12.4. The van der Waals surface area contributed by atoms with Gasteiger partial charge in [-0.05, 0) is 17.5 Å². The van der Waals surface area contributed by atoms with Gasteiger partial charge in [0.25, 0.3) is 5.91 Å². The number of carbonyl (C=O) groups excluding carboxylic acids is 1. The lowest BCUT2D eigenvalue weighted by Crippen LogP contribution is -2.61. The Bertz CT molecular complexity index is 676. The van der Waals surface area contributed by atoms with E-state index in [4.69, 9.17) is 0 Å². The van der Waals surface area contributed by atoms with Crippen molar-refractivity contribution in [2.75, 3.05) is 19.6 Å². The van der Waals surface area contributed by atoms with E-state index in [0.717, 1.165) is 26.2 Å². The molecule has 6 nitrogen and oxygen atoms in total. The van der Waals surface area contributed by atoms with Gasteiger partial charge >= 0.3 is 0 Å². The summed E-state index contributed by atoms with van der Waals surface area (Å²) in [5.41, 5.74) is 1.88. The Morgan fingerprint density at radius 2 is 2.17 bits per heavy atom. The maximum Gasteiger partial charge on any atom is 0.257 e. The Balaban J connectivity index is 1.60. The van der Waals surface area contributed by atoms with Gasteiger partial charge in [-0.25, -0.2) is 0 Å². The number of pyridine rings is 1. The third-order valence-corrected chi connectivity index (χ3v) is 4.33. The van der Waals surface area contributed by atoms with Gasteiger partial charge in [0.15, 0.2) is 0 Å². The molecule has 1 saturated heterocycles. The Hall–Kier alpha value is -2.21. The Kier molecular flexibility index (Phi) is 4.94. The van der Waals surface area contributed by atoms with E-state index in [1.165, 1.54) is 5.56 Å². The summed E-state index contributed by atoms with van der Waals surface area (Å²) in [6, 6.07) is 4.49. The molecule has 0 N–H and O–H groups in total. The van der Waals surface area contributed by atoms with Gasteiger partial charge in [-0.3, -0.25) is 19.4 Å². The molecule has 6 heteroatoms. The van der Waals surface area contributed by atoms with E-state index >= 15 is 0 Å². The summed E-state index contributed by atoms with van der Waals surface area (Å²) in [4.78, 5) is 21.0. The van der Waals surface area contributed by atoms with Crippen molar-refractivity contribution in [2.24, 2.45) is 13.0 Å². The summed E-state index contributed by atoms with van der Waals surface area (Å²) in [7, 11) is 1.83. The molecule has 0 bridgehead atoms. The highest BCUT2D eigenvalue weighted by Crippen LogP contribution is 2.21. The van der Waals surface area contributed by atoms with Crippen molar-refractivity contribution in [3.8, 4) is 0 Å². The molecule has 2 aromatic heterocycles. The predicted molar refractivity (Wildman–Crippen MR) is 92.4 cm³/mol. The number of likely N-dealkylation sites (tertiary alicyclic amines) is 1. The smallest absolute Gasteiger partial charge is 0.257 e. The van der Waals surface area contributed by atoms with Gasteiger partial charge in [-0.2, -0.15) is 5.10 Å². The predicted octanol–water partition coefficient (Wildman–Crippen LogP) is 1.80. The normalized spacial score (nSPS) is 15.1. The highest BCUT2D eigenvalue weighted by Gasteiger charge is 2.35. The minimum atomic E-state index is 0.0743. The van der Waals surface area contributed by atoms with Gasteiger partial charge in [0.1, 0.15) is 0 Å². The Labute approximate surface area is 143 Å². The van der Waals surface area contributed by atoms with Crippen LogP contribution in [0.25, 0.3) is 0 Å². The molecular weight excluding hydrogens is 302 g/mol. The van der Waals surface area contributed by atoms with E-state index in [2.05, 4.69) is 34.9 Å². The van der Waals surface area contributed by atoms with Crippen LogP contribution in [0.2, 0.25) is 0 Å². The summed E-state index contributed by atoms with van der Waals surface area (Å²) in [6.45, 7) is 7.92. The zero-order valence-electron chi connectivity index (χ0n) is 14.6. The van der Waals surface area contributed by atoms with Crippen LogP contribution in [0.15, 0.2) is 36.9 Å². The van der Waals surface area contributed by atoms with Crippen LogP contribution in [0.3, 0.4) is 0 Å². The molecular formula is C18H25N5O. The topological polar surface area (TPSA) is 54.3 Å². The SMILES string of the molecule is CC(C)CN(Cc1cccnc1)C1CN(C(=O)c2cnn(C)c2)C1. The molecule has 1 amide bonds. The van der Waals surface area contributed by atoms with Gasteiger partial charge in [-0.15, -0.1) is 0 Å². The van der Waals surface area contributed by atoms with Gasteiger partial charge in [0.2, 0.25) is 0 Å². The second-order valence-corrected chi connectivity index (χ2v) is 6.95.